The molecule has 0 aliphatic carbocycles. The summed E-state index contributed by atoms with van der Waals surface area (Å²) in [7, 11) is 1.81. The summed E-state index contributed by atoms with van der Waals surface area (Å²) in [6.45, 7) is 2.49. The van der Waals surface area contributed by atoms with E-state index in [0.29, 0.717) is 18.1 Å². The molecule has 140 valence electrons. The molecule has 0 fully saturated rings. The molecule has 1 amide bonds. The highest BCUT2D eigenvalue weighted by atomic mass is 19.1. The molecule has 0 aliphatic heterocycles. The van der Waals surface area contributed by atoms with Crippen molar-refractivity contribution in [2.45, 2.75) is 13.5 Å². The summed E-state index contributed by atoms with van der Waals surface area (Å²) in [5.41, 5.74) is 2.30. The maximum Gasteiger partial charge on any atom is 0.239 e. The van der Waals surface area contributed by atoms with Crippen molar-refractivity contribution in [3.05, 3.63) is 77.5 Å². The molecule has 0 atom stereocenters. The van der Waals surface area contributed by atoms with E-state index in [4.69, 9.17) is 0 Å². The van der Waals surface area contributed by atoms with Crippen molar-refractivity contribution in [2.24, 2.45) is 0 Å². The summed E-state index contributed by atoms with van der Waals surface area (Å²) in [5, 5.41) is 7.19. The quantitative estimate of drug-likeness (QED) is 0.722. The Kier molecular flexibility index (Phi) is 5.61. The lowest BCUT2D eigenvalue weighted by Crippen LogP contribution is -2.30. The molecule has 0 saturated carbocycles. The Hall–Kier alpha value is -3.06. The lowest BCUT2D eigenvalue weighted by Gasteiger charge is -2.16. The number of anilines is 1. The first-order chi connectivity index (χ1) is 12.9. The number of nitrogens with zero attached hydrogens (tertiary/aromatic N) is 3. The third-order valence-electron chi connectivity index (χ3n) is 3.95. The zero-order valence-electron chi connectivity index (χ0n) is 15.1. The fourth-order valence-corrected chi connectivity index (χ4v) is 2.75. The van der Waals surface area contributed by atoms with Crippen molar-refractivity contribution < 1.29 is 13.6 Å². The highest BCUT2D eigenvalue weighted by Crippen LogP contribution is 2.17. The molecular weight excluding hydrogens is 350 g/mol. The Labute approximate surface area is 156 Å². The lowest BCUT2D eigenvalue weighted by atomic mass is 10.2. The van der Waals surface area contributed by atoms with Gasteiger partial charge in [0.05, 0.1) is 17.9 Å². The molecule has 0 unspecified atom stereocenters. The largest absolute Gasteiger partial charge is 0.309 e. The fourth-order valence-electron chi connectivity index (χ4n) is 2.75. The van der Waals surface area contributed by atoms with Crippen LogP contribution in [-0.2, 0) is 11.3 Å². The van der Waals surface area contributed by atoms with Gasteiger partial charge in [0.15, 0.2) is 0 Å². The van der Waals surface area contributed by atoms with Crippen LogP contribution in [0.3, 0.4) is 0 Å². The average Bonchev–Trinajstić information content (AvgIpc) is 2.97. The Morgan fingerprint density at radius 2 is 1.67 bits per heavy atom. The van der Waals surface area contributed by atoms with Gasteiger partial charge in [-0.15, -0.1) is 0 Å². The minimum absolute atomic E-state index is 0.158. The van der Waals surface area contributed by atoms with E-state index < -0.39 is 0 Å². The fraction of sp³-hybridized carbons (Fsp3) is 0.200. The second-order valence-electron chi connectivity index (χ2n) is 6.41. The minimum atomic E-state index is -0.337. The molecule has 0 spiro atoms. The van der Waals surface area contributed by atoms with Gasteiger partial charge in [0.2, 0.25) is 5.91 Å². The predicted octanol–water partition coefficient (Wildman–Crippen LogP) is 3.53. The van der Waals surface area contributed by atoms with E-state index in [2.05, 4.69) is 10.4 Å². The van der Waals surface area contributed by atoms with Crippen molar-refractivity contribution >= 4 is 11.7 Å². The van der Waals surface area contributed by atoms with Gasteiger partial charge in [-0.1, -0.05) is 12.1 Å². The summed E-state index contributed by atoms with van der Waals surface area (Å²) in [5.74, 6) is -0.318. The molecule has 7 heteroatoms. The van der Waals surface area contributed by atoms with Crippen LogP contribution in [0.2, 0.25) is 0 Å². The molecule has 0 bridgehead atoms. The van der Waals surface area contributed by atoms with Crippen molar-refractivity contribution in [2.75, 3.05) is 18.9 Å². The van der Waals surface area contributed by atoms with Crippen LogP contribution in [0.4, 0.5) is 14.6 Å². The van der Waals surface area contributed by atoms with Crippen molar-refractivity contribution in [1.82, 2.24) is 14.7 Å². The first kappa shape index (κ1) is 18.7. The number of halogens is 2. The van der Waals surface area contributed by atoms with Crippen LogP contribution in [0.1, 0.15) is 11.3 Å². The highest BCUT2D eigenvalue weighted by Gasteiger charge is 2.13. The first-order valence-electron chi connectivity index (χ1n) is 8.46. The van der Waals surface area contributed by atoms with E-state index in [0.717, 1.165) is 11.3 Å². The number of carbonyl (C=O) groups excluding carboxylic acids is 1. The van der Waals surface area contributed by atoms with Crippen molar-refractivity contribution in [3.63, 3.8) is 0 Å². The maximum absolute atomic E-state index is 13.1. The van der Waals surface area contributed by atoms with Gasteiger partial charge in [-0.3, -0.25) is 9.69 Å². The van der Waals surface area contributed by atoms with Crippen LogP contribution in [0.25, 0.3) is 5.69 Å². The van der Waals surface area contributed by atoms with Crippen molar-refractivity contribution in [3.8, 4) is 5.69 Å². The van der Waals surface area contributed by atoms with Crippen LogP contribution in [-0.4, -0.2) is 34.2 Å². The summed E-state index contributed by atoms with van der Waals surface area (Å²) in [6, 6.07) is 13.8. The lowest BCUT2D eigenvalue weighted by molar-refractivity contribution is -0.117. The summed E-state index contributed by atoms with van der Waals surface area (Å²) < 4.78 is 27.7. The van der Waals surface area contributed by atoms with Gasteiger partial charge in [-0.25, -0.2) is 13.5 Å². The van der Waals surface area contributed by atoms with Crippen LogP contribution in [0, 0.1) is 18.6 Å². The number of hydrogen-bond donors (Lipinski definition) is 1. The van der Waals surface area contributed by atoms with E-state index in [-0.39, 0.29) is 24.1 Å². The number of amides is 1. The maximum atomic E-state index is 13.1. The zero-order valence-corrected chi connectivity index (χ0v) is 15.1. The molecule has 3 rings (SSSR count). The van der Waals surface area contributed by atoms with Crippen LogP contribution < -0.4 is 5.32 Å². The number of benzene rings is 2. The van der Waals surface area contributed by atoms with E-state index in [9.17, 15) is 13.6 Å². The van der Waals surface area contributed by atoms with Crippen LogP contribution >= 0.6 is 0 Å². The number of likely N-dealkylation sites (N-methyl/N-ethyl adjacent to an activating group) is 1. The molecule has 1 N–H and O–H groups in total. The molecule has 0 aliphatic rings. The number of hydrogen-bond acceptors (Lipinski definition) is 3. The highest BCUT2D eigenvalue weighted by molar-refractivity contribution is 5.91. The van der Waals surface area contributed by atoms with Crippen molar-refractivity contribution in [1.29, 1.82) is 0 Å². The normalized spacial score (nSPS) is 11.0. The number of aromatic nitrogens is 2. The zero-order chi connectivity index (χ0) is 19.4. The summed E-state index contributed by atoms with van der Waals surface area (Å²) >= 11 is 0. The SMILES string of the molecule is Cc1cc(NC(=O)CN(C)Cc2ccc(F)cc2)n(-c2ccc(F)cc2)n1. The molecule has 5 nitrogen and oxygen atoms in total. The topological polar surface area (TPSA) is 50.2 Å². The van der Waals surface area contributed by atoms with Gasteiger partial charge in [0.25, 0.3) is 0 Å². The Bertz CT molecular complexity index is 920. The summed E-state index contributed by atoms with van der Waals surface area (Å²) in [4.78, 5) is 14.2. The smallest absolute Gasteiger partial charge is 0.239 e. The molecule has 27 heavy (non-hydrogen) atoms. The standard InChI is InChI=1S/C20H20F2N4O/c1-14-11-19(26(24-14)18-9-7-17(22)8-10-18)23-20(27)13-25(2)12-15-3-5-16(21)6-4-15/h3-11H,12-13H2,1-2H3,(H,23,27). The van der Waals surface area contributed by atoms with Gasteiger partial charge in [-0.2, -0.15) is 5.10 Å². The van der Waals surface area contributed by atoms with Gasteiger partial charge >= 0.3 is 0 Å². The Morgan fingerprint density at radius 3 is 2.30 bits per heavy atom. The van der Waals surface area contributed by atoms with E-state index in [1.54, 1.807) is 35.0 Å². The number of nitrogens with one attached hydrogen (secondary N) is 1. The monoisotopic (exact) mass is 370 g/mol. The van der Waals surface area contributed by atoms with Gasteiger partial charge in [0, 0.05) is 12.6 Å². The predicted molar refractivity (Wildman–Crippen MR) is 99.6 cm³/mol. The second-order valence-corrected chi connectivity index (χ2v) is 6.41. The molecule has 2 aromatic carbocycles. The first-order valence-corrected chi connectivity index (χ1v) is 8.46. The third kappa shape index (κ3) is 4.98. The summed E-state index contributed by atoms with van der Waals surface area (Å²) in [6.07, 6.45) is 0. The molecule has 3 aromatic rings. The Morgan fingerprint density at radius 1 is 1.07 bits per heavy atom. The molecule has 0 saturated heterocycles. The van der Waals surface area contributed by atoms with E-state index >= 15 is 0 Å². The number of aryl methyl sites for hydroxylation is 1. The Balaban J connectivity index is 1.65. The minimum Gasteiger partial charge on any atom is -0.309 e. The van der Waals surface area contributed by atoms with E-state index in [1.165, 1.54) is 24.3 Å². The van der Waals surface area contributed by atoms with Crippen LogP contribution in [0.5, 0.6) is 0 Å². The third-order valence-corrected chi connectivity index (χ3v) is 3.95. The molecule has 1 aromatic heterocycles. The molecule has 1 heterocycles. The molecular formula is C20H20F2N4O. The van der Waals surface area contributed by atoms with Crippen LogP contribution in [0.15, 0.2) is 54.6 Å². The second kappa shape index (κ2) is 8.09. The van der Waals surface area contributed by atoms with Gasteiger partial charge in [0.1, 0.15) is 17.5 Å². The van der Waals surface area contributed by atoms with Gasteiger partial charge in [-0.05, 0) is 55.9 Å². The number of carbonyl (C=O) groups is 1. The van der Waals surface area contributed by atoms with Gasteiger partial charge < -0.3 is 5.32 Å². The number of rotatable bonds is 6. The average molecular weight is 370 g/mol. The van der Waals surface area contributed by atoms with E-state index in [1.807, 2.05) is 18.9 Å². The molecule has 0 radical (unpaired) electrons.